The molecule has 3 rings (SSSR count). The minimum absolute atomic E-state index is 0.00422. The van der Waals surface area contributed by atoms with Gasteiger partial charge < -0.3 is 10.1 Å². The van der Waals surface area contributed by atoms with Crippen LogP contribution in [0.15, 0.2) is 36.9 Å². The number of rotatable bonds is 5. The molecule has 2 aromatic rings. The summed E-state index contributed by atoms with van der Waals surface area (Å²) in [5.74, 6) is 1.09. The van der Waals surface area contributed by atoms with E-state index in [9.17, 15) is 4.79 Å². The Hall–Kier alpha value is -2.34. The van der Waals surface area contributed by atoms with Crippen molar-refractivity contribution in [2.45, 2.75) is 32.2 Å². The lowest BCUT2D eigenvalue weighted by Crippen LogP contribution is -2.40. The molecule has 3 heterocycles. The summed E-state index contributed by atoms with van der Waals surface area (Å²) in [4.78, 5) is 25.0. The summed E-state index contributed by atoms with van der Waals surface area (Å²) in [6.07, 6.45) is 7.60. The number of hydrogen-bond donors (Lipinski definition) is 1. The van der Waals surface area contributed by atoms with E-state index in [0.717, 1.165) is 12.2 Å². The molecule has 1 amide bonds. The maximum absolute atomic E-state index is 12.4. The highest BCUT2D eigenvalue weighted by Crippen LogP contribution is 2.19. The van der Waals surface area contributed by atoms with Gasteiger partial charge in [0.2, 0.25) is 0 Å². The molecule has 6 heteroatoms. The smallest absolute Gasteiger partial charge is 0.254 e. The van der Waals surface area contributed by atoms with E-state index in [1.165, 1.54) is 5.56 Å². The zero-order chi connectivity index (χ0) is 16.9. The molecule has 0 bridgehead atoms. The molecule has 126 valence electrons. The molecule has 0 aliphatic carbocycles. The van der Waals surface area contributed by atoms with E-state index in [-0.39, 0.29) is 23.8 Å². The Labute approximate surface area is 141 Å². The van der Waals surface area contributed by atoms with Crippen molar-refractivity contribution >= 4 is 5.91 Å². The number of amides is 1. The van der Waals surface area contributed by atoms with Gasteiger partial charge in [0.05, 0.1) is 24.8 Å². The molecule has 1 saturated heterocycles. The highest BCUT2D eigenvalue weighted by molar-refractivity contribution is 5.93. The first-order chi connectivity index (χ1) is 11.6. The van der Waals surface area contributed by atoms with Gasteiger partial charge in [-0.15, -0.1) is 0 Å². The van der Waals surface area contributed by atoms with Crippen LogP contribution in [0.25, 0.3) is 0 Å². The Morgan fingerprint density at radius 2 is 1.96 bits per heavy atom. The molecule has 1 aliphatic rings. The third-order valence-electron chi connectivity index (χ3n) is 4.21. The standard InChI is InChI=1S/C18H22N4O2/c1-12(2)17-20-8-15(9-21-17)18(23)22-16-11-24-10-14(16)7-13-3-5-19-6-4-13/h3-6,8-9,12,14,16H,7,10-11H2,1-2H3,(H,22,23). The van der Waals surface area contributed by atoms with Crippen LogP contribution in [0.4, 0.5) is 0 Å². The van der Waals surface area contributed by atoms with Crippen LogP contribution in [0.3, 0.4) is 0 Å². The summed E-state index contributed by atoms with van der Waals surface area (Å²) in [6, 6.07) is 3.99. The summed E-state index contributed by atoms with van der Waals surface area (Å²) in [6.45, 7) is 5.23. The number of ether oxygens (including phenoxy) is 1. The lowest BCUT2D eigenvalue weighted by atomic mass is 9.95. The molecule has 1 N–H and O–H groups in total. The highest BCUT2D eigenvalue weighted by Gasteiger charge is 2.30. The predicted molar refractivity (Wildman–Crippen MR) is 89.6 cm³/mol. The Balaban J connectivity index is 1.62. The fraction of sp³-hybridized carbons (Fsp3) is 0.444. The molecule has 1 aliphatic heterocycles. The third kappa shape index (κ3) is 3.94. The Bertz CT molecular complexity index is 673. The molecular weight excluding hydrogens is 304 g/mol. The third-order valence-corrected chi connectivity index (χ3v) is 4.21. The number of nitrogens with one attached hydrogen (secondary N) is 1. The fourth-order valence-corrected chi connectivity index (χ4v) is 2.79. The molecule has 0 spiro atoms. The number of carbonyl (C=O) groups excluding carboxylic acids is 1. The first-order valence-electron chi connectivity index (χ1n) is 8.23. The van der Waals surface area contributed by atoms with Gasteiger partial charge in [-0.05, 0) is 24.1 Å². The normalized spacial score (nSPS) is 20.3. The van der Waals surface area contributed by atoms with Gasteiger partial charge in [-0.3, -0.25) is 9.78 Å². The monoisotopic (exact) mass is 326 g/mol. The van der Waals surface area contributed by atoms with Crippen LogP contribution in [0.2, 0.25) is 0 Å². The molecule has 2 atom stereocenters. The molecule has 0 radical (unpaired) electrons. The van der Waals surface area contributed by atoms with Crippen molar-refractivity contribution in [2.24, 2.45) is 5.92 Å². The number of carbonyl (C=O) groups is 1. The van der Waals surface area contributed by atoms with Crippen molar-refractivity contribution in [2.75, 3.05) is 13.2 Å². The first-order valence-corrected chi connectivity index (χ1v) is 8.23. The van der Waals surface area contributed by atoms with E-state index in [1.54, 1.807) is 24.8 Å². The molecule has 2 aromatic heterocycles. The number of hydrogen-bond acceptors (Lipinski definition) is 5. The van der Waals surface area contributed by atoms with Crippen molar-refractivity contribution < 1.29 is 9.53 Å². The van der Waals surface area contributed by atoms with Crippen LogP contribution in [-0.4, -0.2) is 40.1 Å². The molecule has 0 saturated carbocycles. The van der Waals surface area contributed by atoms with Gasteiger partial charge in [-0.25, -0.2) is 9.97 Å². The van der Waals surface area contributed by atoms with Crippen molar-refractivity contribution in [1.29, 1.82) is 0 Å². The zero-order valence-electron chi connectivity index (χ0n) is 14.0. The first kappa shape index (κ1) is 16.5. The second kappa shape index (κ2) is 7.49. The van der Waals surface area contributed by atoms with E-state index >= 15 is 0 Å². The zero-order valence-corrected chi connectivity index (χ0v) is 14.0. The van der Waals surface area contributed by atoms with Gasteiger partial charge in [0, 0.05) is 36.6 Å². The Kier molecular flexibility index (Phi) is 5.15. The van der Waals surface area contributed by atoms with Gasteiger partial charge in [0.25, 0.3) is 5.91 Å². The van der Waals surface area contributed by atoms with Gasteiger partial charge >= 0.3 is 0 Å². The molecule has 0 aromatic carbocycles. The number of pyridine rings is 1. The molecule has 2 unspecified atom stereocenters. The Morgan fingerprint density at radius 3 is 2.62 bits per heavy atom. The largest absolute Gasteiger partial charge is 0.379 e. The molecule has 24 heavy (non-hydrogen) atoms. The van der Waals surface area contributed by atoms with E-state index in [4.69, 9.17) is 4.74 Å². The lowest BCUT2D eigenvalue weighted by molar-refractivity contribution is 0.0924. The van der Waals surface area contributed by atoms with Gasteiger partial charge in [-0.1, -0.05) is 13.8 Å². The summed E-state index contributed by atoms with van der Waals surface area (Å²) < 4.78 is 5.57. The van der Waals surface area contributed by atoms with Crippen LogP contribution >= 0.6 is 0 Å². The average Bonchev–Trinajstić information content (AvgIpc) is 3.02. The van der Waals surface area contributed by atoms with Gasteiger partial charge in [0.1, 0.15) is 5.82 Å². The minimum atomic E-state index is -0.152. The van der Waals surface area contributed by atoms with E-state index in [2.05, 4.69) is 20.3 Å². The summed E-state index contributed by atoms with van der Waals surface area (Å²) in [5.41, 5.74) is 1.68. The van der Waals surface area contributed by atoms with E-state index in [1.807, 2.05) is 26.0 Å². The molecule has 6 nitrogen and oxygen atoms in total. The van der Waals surface area contributed by atoms with E-state index < -0.39 is 0 Å². The second-order valence-corrected chi connectivity index (χ2v) is 6.42. The fourth-order valence-electron chi connectivity index (χ4n) is 2.79. The van der Waals surface area contributed by atoms with Gasteiger partial charge in [-0.2, -0.15) is 0 Å². The summed E-state index contributed by atoms with van der Waals surface area (Å²) in [7, 11) is 0. The quantitative estimate of drug-likeness (QED) is 0.909. The highest BCUT2D eigenvalue weighted by atomic mass is 16.5. The molecular formula is C18H22N4O2. The minimum Gasteiger partial charge on any atom is -0.379 e. The maximum Gasteiger partial charge on any atom is 0.254 e. The predicted octanol–water partition coefficient (Wildman–Crippen LogP) is 1.98. The van der Waals surface area contributed by atoms with Crippen molar-refractivity contribution in [3.63, 3.8) is 0 Å². The topological polar surface area (TPSA) is 77.0 Å². The van der Waals surface area contributed by atoms with Crippen LogP contribution in [0, 0.1) is 5.92 Å². The maximum atomic E-state index is 12.4. The van der Waals surface area contributed by atoms with Crippen molar-refractivity contribution in [3.05, 3.63) is 53.9 Å². The Morgan fingerprint density at radius 1 is 1.25 bits per heavy atom. The summed E-state index contributed by atoms with van der Waals surface area (Å²) in [5, 5.41) is 3.05. The van der Waals surface area contributed by atoms with Crippen molar-refractivity contribution in [3.8, 4) is 0 Å². The SMILES string of the molecule is CC(C)c1ncc(C(=O)NC2COCC2Cc2ccncc2)cn1. The van der Waals surface area contributed by atoms with Crippen LogP contribution in [-0.2, 0) is 11.2 Å². The summed E-state index contributed by atoms with van der Waals surface area (Å²) >= 11 is 0. The van der Waals surface area contributed by atoms with Crippen LogP contribution < -0.4 is 5.32 Å². The average molecular weight is 326 g/mol. The second-order valence-electron chi connectivity index (χ2n) is 6.42. The lowest BCUT2D eigenvalue weighted by Gasteiger charge is -2.19. The molecule has 1 fully saturated rings. The van der Waals surface area contributed by atoms with Crippen LogP contribution in [0.1, 0.15) is 41.5 Å². The van der Waals surface area contributed by atoms with Gasteiger partial charge in [0.15, 0.2) is 0 Å². The number of nitrogens with zero attached hydrogens (tertiary/aromatic N) is 3. The van der Waals surface area contributed by atoms with Crippen LogP contribution in [0.5, 0.6) is 0 Å². The van der Waals surface area contributed by atoms with E-state index in [0.29, 0.717) is 18.8 Å². The van der Waals surface area contributed by atoms with Crippen molar-refractivity contribution in [1.82, 2.24) is 20.3 Å². The number of aromatic nitrogens is 3.